The van der Waals surface area contributed by atoms with E-state index in [1.54, 1.807) is 0 Å². The normalized spacial score (nSPS) is 12.5. The SMILES string of the molecule is c1ccc2cc(-c3cccc4c3sc3cc5c6ccccc6n6c7nc8ccccc8nc7c(c34)c56)ccc2c1. The van der Waals surface area contributed by atoms with Crippen molar-refractivity contribution in [3.05, 3.63) is 115 Å². The fourth-order valence-corrected chi connectivity index (χ4v) is 8.04. The van der Waals surface area contributed by atoms with E-state index >= 15 is 0 Å². The van der Waals surface area contributed by atoms with Crippen LogP contribution in [-0.4, -0.2) is 14.4 Å². The van der Waals surface area contributed by atoms with E-state index in [-0.39, 0.29) is 0 Å². The van der Waals surface area contributed by atoms with Crippen molar-refractivity contribution in [2.24, 2.45) is 0 Å². The first kappa shape index (κ1) is 20.8. The van der Waals surface area contributed by atoms with Crippen molar-refractivity contribution in [2.45, 2.75) is 0 Å². The molecule has 3 nitrogen and oxygen atoms in total. The first-order valence-electron chi connectivity index (χ1n) is 13.5. The Morgan fingerprint density at radius 3 is 2.27 bits per heavy atom. The second-order valence-electron chi connectivity index (χ2n) is 10.6. The number of rotatable bonds is 1. The second-order valence-corrected chi connectivity index (χ2v) is 11.7. The van der Waals surface area contributed by atoms with Gasteiger partial charge in [-0.15, -0.1) is 11.3 Å². The van der Waals surface area contributed by atoms with Crippen molar-refractivity contribution in [3.8, 4) is 11.1 Å². The summed E-state index contributed by atoms with van der Waals surface area (Å²) in [6.07, 6.45) is 0. The molecule has 0 N–H and O–H groups in total. The zero-order valence-corrected chi connectivity index (χ0v) is 22.0. The van der Waals surface area contributed by atoms with Gasteiger partial charge in [-0.2, -0.15) is 0 Å². The van der Waals surface area contributed by atoms with Crippen molar-refractivity contribution in [2.75, 3.05) is 0 Å². The van der Waals surface area contributed by atoms with Crippen LogP contribution in [0.2, 0.25) is 0 Å². The Bertz CT molecular complexity index is 2660. The first-order chi connectivity index (χ1) is 19.8. The molecule has 10 rings (SSSR count). The van der Waals surface area contributed by atoms with Gasteiger partial charge in [0.1, 0.15) is 5.52 Å². The molecule has 4 heteroatoms. The third-order valence-electron chi connectivity index (χ3n) is 8.48. The Hall–Kier alpha value is -5.06. The highest BCUT2D eigenvalue weighted by molar-refractivity contribution is 7.26. The zero-order chi connectivity index (χ0) is 25.9. The molecule has 6 aromatic carbocycles. The number of nitrogens with zero attached hydrogens (tertiary/aromatic N) is 3. The molecule has 0 aliphatic rings. The summed E-state index contributed by atoms with van der Waals surface area (Å²) in [4.78, 5) is 10.4. The van der Waals surface area contributed by atoms with Crippen LogP contribution >= 0.6 is 11.3 Å². The summed E-state index contributed by atoms with van der Waals surface area (Å²) in [5.74, 6) is 0. The van der Waals surface area contributed by atoms with Crippen molar-refractivity contribution < 1.29 is 0 Å². The molecule has 0 saturated heterocycles. The van der Waals surface area contributed by atoms with Gasteiger partial charge in [-0.3, -0.25) is 4.40 Å². The van der Waals surface area contributed by atoms with Crippen LogP contribution in [-0.2, 0) is 0 Å². The van der Waals surface area contributed by atoms with E-state index in [1.165, 1.54) is 69.3 Å². The predicted molar refractivity (Wildman–Crippen MR) is 170 cm³/mol. The quantitative estimate of drug-likeness (QED) is 0.213. The van der Waals surface area contributed by atoms with Gasteiger partial charge in [-0.1, -0.05) is 84.9 Å². The van der Waals surface area contributed by atoms with Crippen molar-refractivity contribution >= 4 is 91.7 Å². The molecule has 10 aromatic rings. The largest absolute Gasteiger partial charge is 0.291 e. The Morgan fingerprint density at radius 1 is 0.575 bits per heavy atom. The maximum Gasteiger partial charge on any atom is 0.165 e. The van der Waals surface area contributed by atoms with Gasteiger partial charge in [0.05, 0.1) is 22.1 Å². The van der Waals surface area contributed by atoms with Gasteiger partial charge >= 0.3 is 0 Å². The lowest BCUT2D eigenvalue weighted by molar-refractivity contribution is 1.28. The lowest BCUT2D eigenvalue weighted by Gasteiger charge is -2.06. The van der Waals surface area contributed by atoms with Crippen LogP contribution in [0.3, 0.4) is 0 Å². The Kier molecular flexibility index (Phi) is 3.81. The predicted octanol–water partition coefficient (Wildman–Crippen LogP) is 9.97. The summed E-state index contributed by atoms with van der Waals surface area (Å²) in [5, 5.41) is 8.82. The lowest BCUT2D eigenvalue weighted by atomic mass is 9.98. The molecule has 40 heavy (non-hydrogen) atoms. The van der Waals surface area contributed by atoms with E-state index in [9.17, 15) is 0 Å². The summed E-state index contributed by atoms with van der Waals surface area (Å²) in [7, 11) is 0. The van der Waals surface area contributed by atoms with Crippen LogP contribution < -0.4 is 0 Å². The molecule has 0 aliphatic carbocycles. The third kappa shape index (κ3) is 2.54. The van der Waals surface area contributed by atoms with Crippen LogP contribution in [0.25, 0.3) is 91.5 Å². The van der Waals surface area contributed by atoms with Crippen LogP contribution in [0.4, 0.5) is 0 Å². The minimum Gasteiger partial charge on any atom is -0.291 e. The van der Waals surface area contributed by atoms with Crippen molar-refractivity contribution in [1.29, 1.82) is 0 Å². The second kappa shape index (κ2) is 7.32. The highest BCUT2D eigenvalue weighted by Gasteiger charge is 2.24. The minimum absolute atomic E-state index is 0.921. The van der Waals surface area contributed by atoms with Crippen LogP contribution in [0.5, 0.6) is 0 Å². The molecule has 0 amide bonds. The van der Waals surface area contributed by atoms with E-state index in [4.69, 9.17) is 9.97 Å². The van der Waals surface area contributed by atoms with E-state index in [0.29, 0.717) is 0 Å². The molecule has 0 unspecified atom stereocenters. The van der Waals surface area contributed by atoms with Gasteiger partial charge in [0, 0.05) is 36.3 Å². The molecule has 4 aromatic heterocycles. The van der Waals surface area contributed by atoms with E-state index in [1.807, 2.05) is 23.5 Å². The molecule has 0 aliphatic heterocycles. The first-order valence-corrected chi connectivity index (χ1v) is 14.3. The van der Waals surface area contributed by atoms with Crippen LogP contribution in [0.1, 0.15) is 0 Å². The van der Waals surface area contributed by atoms with Crippen LogP contribution in [0, 0.1) is 0 Å². The minimum atomic E-state index is 0.921. The summed E-state index contributed by atoms with van der Waals surface area (Å²) in [6, 6.07) is 41.4. The average molecular weight is 526 g/mol. The number of thiophene rings is 1. The van der Waals surface area contributed by atoms with Crippen molar-refractivity contribution in [1.82, 2.24) is 14.4 Å². The fraction of sp³-hybridized carbons (Fsp3) is 0. The third-order valence-corrected chi connectivity index (χ3v) is 9.67. The summed E-state index contributed by atoms with van der Waals surface area (Å²) in [6.45, 7) is 0. The van der Waals surface area contributed by atoms with E-state index in [0.717, 1.165) is 22.2 Å². The lowest BCUT2D eigenvalue weighted by Crippen LogP contribution is -1.88. The number of benzene rings is 6. The number of para-hydroxylation sites is 3. The molecular formula is C36H19N3S. The summed E-state index contributed by atoms with van der Waals surface area (Å²) in [5.41, 5.74) is 8.68. The molecule has 0 spiro atoms. The average Bonchev–Trinajstić information content (AvgIpc) is 3.65. The zero-order valence-electron chi connectivity index (χ0n) is 21.2. The maximum absolute atomic E-state index is 5.25. The highest BCUT2D eigenvalue weighted by Crippen LogP contribution is 2.48. The van der Waals surface area contributed by atoms with E-state index < -0.39 is 0 Å². The summed E-state index contributed by atoms with van der Waals surface area (Å²) < 4.78 is 4.94. The van der Waals surface area contributed by atoms with Crippen molar-refractivity contribution in [3.63, 3.8) is 0 Å². The number of aromatic nitrogens is 3. The van der Waals surface area contributed by atoms with E-state index in [2.05, 4.69) is 108 Å². The van der Waals surface area contributed by atoms with Gasteiger partial charge in [-0.25, -0.2) is 9.97 Å². The Balaban J connectivity index is 1.42. The standard InChI is InChI=1S/C36H19N3S/c1-2-9-21-18-22(17-16-20(21)8-1)23-11-7-12-25-31-30(40-35(23)25)19-26-24-10-3-6-15-29(24)39-34(26)32(31)33-36(39)38-28-14-5-4-13-27(28)37-33/h1-19H. The van der Waals surface area contributed by atoms with Gasteiger partial charge in [0.25, 0.3) is 0 Å². The van der Waals surface area contributed by atoms with Gasteiger partial charge < -0.3 is 0 Å². The molecule has 0 fully saturated rings. The van der Waals surface area contributed by atoms with Gasteiger partial charge in [0.2, 0.25) is 0 Å². The number of hydrogen-bond donors (Lipinski definition) is 0. The molecule has 184 valence electrons. The van der Waals surface area contributed by atoms with Crippen LogP contribution in [0.15, 0.2) is 115 Å². The molecule has 0 bridgehead atoms. The summed E-state index contributed by atoms with van der Waals surface area (Å²) >= 11 is 1.89. The maximum atomic E-state index is 5.25. The molecular weight excluding hydrogens is 506 g/mol. The molecule has 0 atom stereocenters. The monoisotopic (exact) mass is 525 g/mol. The Morgan fingerprint density at radius 2 is 1.35 bits per heavy atom. The molecule has 4 heterocycles. The number of fused-ring (bicyclic) bond motifs is 12. The molecule has 0 radical (unpaired) electrons. The topological polar surface area (TPSA) is 30.2 Å². The molecule has 0 saturated carbocycles. The number of hydrogen-bond acceptors (Lipinski definition) is 3. The van der Waals surface area contributed by atoms with Gasteiger partial charge in [-0.05, 0) is 52.2 Å². The smallest absolute Gasteiger partial charge is 0.165 e. The highest BCUT2D eigenvalue weighted by atomic mass is 32.1. The fourth-order valence-electron chi connectivity index (χ4n) is 6.75. The Labute approximate surface area is 231 Å². The van der Waals surface area contributed by atoms with Gasteiger partial charge in [0.15, 0.2) is 5.65 Å².